The van der Waals surface area contributed by atoms with Crippen molar-refractivity contribution in [2.24, 2.45) is 11.8 Å². The van der Waals surface area contributed by atoms with E-state index in [-0.39, 0.29) is 0 Å². The lowest BCUT2D eigenvalue weighted by Gasteiger charge is -2.18. The Balaban J connectivity index is 1.78. The second-order valence-electron chi connectivity index (χ2n) is 5.02. The Bertz CT molecular complexity index is 460. The maximum Gasteiger partial charge on any atom is 0.132 e. The van der Waals surface area contributed by atoms with Gasteiger partial charge in [0.05, 0.1) is 11.6 Å². The lowest BCUT2D eigenvalue weighted by molar-refractivity contribution is 0.566. The predicted octanol–water partition coefficient (Wildman–Crippen LogP) is 3.21. The molecule has 3 nitrogen and oxygen atoms in total. The summed E-state index contributed by atoms with van der Waals surface area (Å²) in [7, 11) is 0. The molecule has 1 heterocycles. The van der Waals surface area contributed by atoms with Crippen LogP contribution < -0.4 is 5.32 Å². The minimum Gasteiger partial charge on any atom is -0.367 e. The first-order valence-electron chi connectivity index (χ1n) is 6.10. The van der Waals surface area contributed by atoms with E-state index in [1.165, 1.54) is 25.7 Å². The van der Waals surface area contributed by atoms with Gasteiger partial charge in [-0.05, 0) is 49.7 Å². The molecule has 0 amide bonds. The van der Waals surface area contributed by atoms with Gasteiger partial charge in [-0.15, -0.1) is 0 Å². The summed E-state index contributed by atoms with van der Waals surface area (Å²) in [5, 5.41) is 12.8. The van der Waals surface area contributed by atoms with Gasteiger partial charge in [-0.1, -0.05) is 11.6 Å². The van der Waals surface area contributed by atoms with Gasteiger partial charge >= 0.3 is 0 Å². The van der Waals surface area contributed by atoms with Crippen LogP contribution in [0.3, 0.4) is 0 Å². The Kier molecular flexibility index (Phi) is 2.68. The quantitative estimate of drug-likeness (QED) is 0.832. The molecular formula is C13H14ClN3. The van der Waals surface area contributed by atoms with Crippen LogP contribution in [0.1, 0.15) is 31.2 Å². The molecule has 2 fully saturated rings. The molecule has 2 aliphatic rings. The molecule has 0 saturated heterocycles. The molecule has 1 aromatic rings. The van der Waals surface area contributed by atoms with Gasteiger partial charge in [0.25, 0.3) is 0 Å². The fourth-order valence-corrected chi connectivity index (χ4v) is 2.55. The van der Waals surface area contributed by atoms with Crippen LogP contribution in [0.2, 0.25) is 5.15 Å². The number of pyridine rings is 1. The van der Waals surface area contributed by atoms with Crippen molar-refractivity contribution >= 4 is 17.4 Å². The lowest BCUT2D eigenvalue weighted by atomic mass is 10.1. The van der Waals surface area contributed by atoms with Crippen molar-refractivity contribution < 1.29 is 0 Å². The molecule has 0 bridgehead atoms. The minimum absolute atomic E-state index is 0.386. The number of nitriles is 1. The number of anilines is 1. The molecule has 2 saturated carbocycles. The summed E-state index contributed by atoms with van der Waals surface area (Å²) in [6.07, 6.45) is 5.28. The van der Waals surface area contributed by atoms with Gasteiger partial charge in [0.15, 0.2) is 0 Å². The van der Waals surface area contributed by atoms with Crippen LogP contribution in [0.5, 0.6) is 0 Å². The molecule has 3 rings (SSSR count). The normalized spacial score (nSPS) is 19.1. The van der Waals surface area contributed by atoms with E-state index >= 15 is 0 Å². The van der Waals surface area contributed by atoms with E-state index in [1.54, 1.807) is 12.1 Å². The van der Waals surface area contributed by atoms with Crippen molar-refractivity contribution in [3.05, 3.63) is 22.8 Å². The molecule has 17 heavy (non-hydrogen) atoms. The SMILES string of the molecule is N#Cc1cc(Cl)nc(NC(C2CC2)C2CC2)c1. The zero-order valence-electron chi connectivity index (χ0n) is 9.49. The largest absolute Gasteiger partial charge is 0.367 e. The molecule has 0 spiro atoms. The Morgan fingerprint density at radius 2 is 1.94 bits per heavy atom. The average molecular weight is 248 g/mol. The van der Waals surface area contributed by atoms with Crippen molar-refractivity contribution in [2.75, 3.05) is 5.32 Å². The van der Waals surface area contributed by atoms with Crippen LogP contribution in [0.25, 0.3) is 0 Å². The number of nitrogens with zero attached hydrogens (tertiary/aromatic N) is 2. The van der Waals surface area contributed by atoms with E-state index in [1.807, 2.05) is 0 Å². The smallest absolute Gasteiger partial charge is 0.132 e. The number of aromatic nitrogens is 1. The molecule has 0 aromatic carbocycles. The Hall–Kier alpha value is -1.27. The Morgan fingerprint density at radius 3 is 2.47 bits per heavy atom. The third kappa shape index (κ3) is 2.53. The maximum absolute atomic E-state index is 8.90. The van der Waals surface area contributed by atoms with Gasteiger partial charge in [0.2, 0.25) is 0 Å². The van der Waals surface area contributed by atoms with Crippen molar-refractivity contribution in [3.63, 3.8) is 0 Å². The predicted molar refractivity (Wildman–Crippen MR) is 66.8 cm³/mol. The van der Waals surface area contributed by atoms with E-state index in [0.29, 0.717) is 16.8 Å². The number of hydrogen-bond donors (Lipinski definition) is 1. The van der Waals surface area contributed by atoms with Gasteiger partial charge in [-0.25, -0.2) is 4.98 Å². The van der Waals surface area contributed by atoms with Gasteiger partial charge in [-0.2, -0.15) is 5.26 Å². The summed E-state index contributed by atoms with van der Waals surface area (Å²) in [6, 6.07) is 6.02. The van der Waals surface area contributed by atoms with Crippen LogP contribution in [0, 0.1) is 23.2 Å². The summed E-state index contributed by atoms with van der Waals surface area (Å²) in [4.78, 5) is 4.25. The van der Waals surface area contributed by atoms with Crippen LogP contribution >= 0.6 is 11.6 Å². The zero-order chi connectivity index (χ0) is 11.8. The standard InChI is InChI=1S/C13H14ClN3/c14-11-5-8(7-15)6-12(16-11)17-13(9-1-2-9)10-3-4-10/h5-6,9-10,13H,1-4H2,(H,16,17). The highest BCUT2D eigenvalue weighted by Gasteiger charge is 2.41. The topological polar surface area (TPSA) is 48.7 Å². The molecule has 1 N–H and O–H groups in total. The number of hydrogen-bond acceptors (Lipinski definition) is 3. The molecular weight excluding hydrogens is 234 g/mol. The number of rotatable bonds is 4. The first-order chi connectivity index (χ1) is 8.26. The summed E-state index contributed by atoms with van der Waals surface area (Å²) < 4.78 is 0. The van der Waals surface area contributed by atoms with E-state index in [0.717, 1.165) is 17.7 Å². The van der Waals surface area contributed by atoms with Gasteiger partial charge in [0.1, 0.15) is 11.0 Å². The minimum atomic E-state index is 0.386. The maximum atomic E-state index is 8.90. The van der Waals surface area contributed by atoms with E-state index < -0.39 is 0 Å². The van der Waals surface area contributed by atoms with Crippen LogP contribution in [0.4, 0.5) is 5.82 Å². The van der Waals surface area contributed by atoms with Gasteiger partial charge in [0, 0.05) is 6.04 Å². The van der Waals surface area contributed by atoms with Crippen molar-refractivity contribution in [1.29, 1.82) is 5.26 Å². The first kappa shape index (κ1) is 10.9. The lowest BCUT2D eigenvalue weighted by Crippen LogP contribution is -2.24. The molecule has 2 aliphatic carbocycles. The Morgan fingerprint density at radius 1 is 1.29 bits per heavy atom. The van der Waals surface area contributed by atoms with Crippen molar-refractivity contribution in [1.82, 2.24) is 4.98 Å². The molecule has 0 radical (unpaired) electrons. The highest BCUT2D eigenvalue weighted by molar-refractivity contribution is 6.29. The van der Waals surface area contributed by atoms with Crippen molar-refractivity contribution in [3.8, 4) is 6.07 Å². The second-order valence-corrected chi connectivity index (χ2v) is 5.41. The summed E-state index contributed by atoms with van der Waals surface area (Å²) in [5.41, 5.74) is 0.567. The highest BCUT2D eigenvalue weighted by Crippen LogP contribution is 2.45. The summed E-state index contributed by atoms with van der Waals surface area (Å²) in [6.45, 7) is 0. The zero-order valence-corrected chi connectivity index (χ0v) is 10.2. The first-order valence-corrected chi connectivity index (χ1v) is 6.48. The second kappa shape index (κ2) is 4.19. The highest BCUT2D eigenvalue weighted by atomic mass is 35.5. The summed E-state index contributed by atoms with van der Waals surface area (Å²) in [5.74, 6) is 2.35. The van der Waals surface area contributed by atoms with Crippen molar-refractivity contribution in [2.45, 2.75) is 31.7 Å². The molecule has 0 unspecified atom stereocenters. The number of nitrogens with one attached hydrogen (secondary N) is 1. The van der Waals surface area contributed by atoms with Crippen LogP contribution in [0.15, 0.2) is 12.1 Å². The molecule has 88 valence electrons. The monoisotopic (exact) mass is 247 g/mol. The van der Waals surface area contributed by atoms with E-state index in [9.17, 15) is 0 Å². The molecule has 0 atom stereocenters. The fourth-order valence-electron chi connectivity index (χ4n) is 2.34. The molecule has 4 heteroatoms. The van der Waals surface area contributed by atoms with Crippen LogP contribution in [-0.2, 0) is 0 Å². The average Bonchev–Trinajstić information content (AvgIpc) is 3.16. The fraction of sp³-hybridized carbons (Fsp3) is 0.538. The third-order valence-electron chi connectivity index (χ3n) is 3.50. The van der Waals surface area contributed by atoms with Gasteiger partial charge < -0.3 is 5.32 Å². The molecule has 0 aliphatic heterocycles. The Labute approximate surface area is 106 Å². The van der Waals surface area contributed by atoms with Gasteiger partial charge in [-0.3, -0.25) is 0 Å². The summed E-state index contributed by atoms with van der Waals surface area (Å²) >= 11 is 5.90. The van der Waals surface area contributed by atoms with Crippen LogP contribution in [-0.4, -0.2) is 11.0 Å². The number of halogens is 1. The third-order valence-corrected chi connectivity index (χ3v) is 3.69. The molecule has 1 aromatic heterocycles. The van der Waals surface area contributed by atoms with E-state index in [4.69, 9.17) is 16.9 Å². The van der Waals surface area contributed by atoms with E-state index in [2.05, 4.69) is 16.4 Å².